The minimum Gasteiger partial charge on any atom is -0.495 e. The number of aromatic nitrogens is 1. The fourth-order valence-corrected chi connectivity index (χ4v) is 2.79. The zero-order valence-corrected chi connectivity index (χ0v) is 11.3. The van der Waals surface area contributed by atoms with E-state index in [1.807, 2.05) is 6.07 Å². The van der Waals surface area contributed by atoms with E-state index in [4.69, 9.17) is 4.74 Å². The Balaban J connectivity index is 0.00000120. The van der Waals surface area contributed by atoms with Crippen molar-refractivity contribution in [3.63, 3.8) is 0 Å². The van der Waals surface area contributed by atoms with Gasteiger partial charge in [-0.25, -0.2) is 0 Å². The Morgan fingerprint density at radius 3 is 2.72 bits per heavy atom. The monoisotopic (exact) mass is 266 g/mol. The first-order valence-corrected chi connectivity index (χ1v) is 6.25. The molecule has 18 heavy (non-hydrogen) atoms. The van der Waals surface area contributed by atoms with Gasteiger partial charge in [0.25, 0.3) is 0 Å². The van der Waals surface area contributed by atoms with E-state index in [1.165, 1.54) is 23.8 Å². The lowest BCUT2D eigenvalue weighted by Gasteiger charge is -2.22. The number of benzene rings is 1. The van der Waals surface area contributed by atoms with Crippen LogP contribution in [0.25, 0.3) is 10.9 Å². The number of methoxy groups -OCH3 is 1. The van der Waals surface area contributed by atoms with Crippen molar-refractivity contribution in [2.75, 3.05) is 20.2 Å². The lowest BCUT2D eigenvalue weighted by atomic mass is 9.90. The molecule has 0 aliphatic carbocycles. The molecule has 3 nitrogen and oxygen atoms in total. The first-order valence-electron chi connectivity index (χ1n) is 6.25. The Bertz CT molecular complexity index is 517. The minimum absolute atomic E-state index is 0. The van der Waals surface area contributed by atoms with Gasteiger partial charge in [-0.3, -0.25) is 0 Å². The fraction of sp³-hybridized carbons (Fsp3) is 0.429. The third-order valence-electron chi connectivity index (χ3n) is 3.71. The van der Waals surface area contributed by atoms with Crippen LogP contribution in [-0.2, 0) is 0 Å². The fourth-order valence-electron chi connectivity index (χ4n) is 2.79. The van der Waals surface area contributed by atoms with Gasteiger partial charge in [0, 0.05) is 11.6 Å². The molecule has 1 aliphatic rings. The predicted octanol–water partition coefficient (Wildman–Crippen LogP) is 3.07. The van der Waals surface area contributed by atoms with Gasteiger partial charge in [0.15, 0.2) is 0 Å². The van der Waals surface area contributed by atoms with E-state index in [0.29, 0.717) is 5.92 Å². The molecular weight excluding hydrogens is 248 g/mol. The van der Waals surface area contributed by atoms with Gasteiger partial charge in [-0.2, -0.15) is 0 Å². The lowest BCUT2D eigenvalue weighted by Crippen LogP contribution is -2.26. The topological polar surface area (TPSA) is 37.0 Å². The first kappa shape index (κ1) is 13.2. The summed E-state index contributed by atoms with van der Waals surface area (Å²) >= 11 is 0. The molecule has 0 unspecified atom stereocenters. The van der Waals surface area contributed by atoms with E-state index in [2.05, 4.69) is 28.6 Å². The van der Waals surface area contributed by atoms with E-state index < -0.39 is 0 Å². The molecule has 98 valence electrons. The standard InChI is InChI=1S/C14H18N2O.ClH/c1-17-13-4-2-3-11-12(9-16-14(11)13)10-5-7-15-8-6-10;/h2-4,9-10,15-16H,5-8H2,1H3;1H. The molecule has 3 rings (SSSR count). The molecule has 1 aromatic carbocycles. The quantitative estimate of drug-likeness (QED) is 0.877. The van der Waals surface area contributed by atoms with Crippen LogP contribution in [0, 0.1) is 0 Å². The zero-order valence-electron chi connectivity index (χ0n) is 10.5. The van der Waals surface area contributed by atoms with E-state index in [-0.39, 0.29) is 12.4 Å². The Morgan fingerprint density at radius 2 is 2.00 bits per heavy atom. The number of piperidine rings is 1. The smallest absolute Gasteiger partial charge is 0.142 e. The van der Waals surface area contributed by atoms with Crippen LogP contribution in [0.2, 0.25) is 0 Å². The summed E-state index contributed by atoms with van der Waals surface area (Å²) in [4.78, 5) is 3.36. The summed E-state index contributed by atoms with van der Waals surface area (Å²) in [6, 6.07) is 6.26. The molecule has 4 heteroatoms. The van der Waals surface area contributed by atoms with Gasteiger partial charge in [-0.05, 0) is 43.5 Å². The van der Waals surface area contributed by atoms with Gasteiger partial charge < -0.3 is 15.0 Å². The number of H-pyrrole nitrogens is 1. The van der Waals surface area contributed by atoms with Crippen molar-refractivity contribution < 1.29 is 4.74 Å². The van der Waals surface area contributed by atoms with Crippen molar-refractivity contribution in [2.24, 2.45) is 0 Å². The van der Waals surface area contributed by atoms with Gasteiger partial charge in [0.05, 0.1) is 12.6 Å². The highest BCUT2D eigenvalue weighted by atomic mass is 35.5. The Hall–Kier alpha value is -1.19. The third-order valence-corrected chi connectivity index (χ3v) is 3.71. The van der Waals surface area contributed by atoms with E-state index in [1.54, 1.807) is 7.11 Å². The third kappa shape index (κ3) is 2.20. The summed E-state index contributed by atoms with van der Waals surface area (Å²) in [6.07, 6.45) is 4.61. The Morgan fingerprint density at radius 1 is 1.22 bits per heavy atom. The molecule has 2 aromatic rings. The molecule has 2 N–H and O–H groups in total. The van der Waals surface area contributed by atoms with Crippen LogP contribution in [-0.4, -0.2) is 25.2 Å². The highest BCUT2D eigenvalue weighted by Gasteiger charge is 2.19. The van der Waals surface area contributed by atoms with Gasteiger partial charge in [0.1, 0.15) is 5.75 Å². The van der Waals surface area contributed by atoms with Crippen molar-refractivity contribution in [2.45, 2.75) is 18.8 Å². The maximum absolute atomic E-state index is 5.38. The lowest BCUT2D eigenvalue weighted by molar-refractivity contribution is 0.419. The van der Waals surface area contributed by atoms with Gasteiger partial charge in [-0.1, -0.05) is 12.1 Å². The summed E-state index contributed by atoms with van der Waals surface area (Å²) in [5, 5.41) is 4.73. The van der Waals surface area contributed by atoms with E-state index >= 15 is 0 Å². The minimum atomic E-state index is 0. The second-order valence-electron chi connectivity index (χ2n) is 4.65. The van der Waals surface area contributed by atoms with Crippen LogP contribution in [0.5, 0.6) is 5.75 Å². The summed E-state index contributed by atoms with van der Waals surface area (Å²) in [7, 11) is 1.72. The van der Waals surface area contributed by atoms with Gasteiger partial charge in [-0.15, -0.1) is 12.4 Å². The summed E-state index contributed by atoms with van der Waals surface area (Å²) in [6.45, 7) is 2.25. The van der Waals surface area contributed by atoms with Crippen LogP contribution in [0.4, 0.5) is 0 Å². The van der Waals surface area contributed by atoms with Crippen LogP contribution in [0.1, 0.15) is 24.3 Å². The number of halogens is 1. The van der Waals surface area contributed by atoms with Crippen molar-refractivity contribution in [1.82, 2.24) is 10.3 Å². The molecule has 0 radical (unpaired) electrons. The van der Waals surface area contributed by atoms with Gasteiger partial charge >= 0.3 is 0 Å². The molecule has 0 spiro atoms. The maximum Gasteiger partial charge on any atom is 0.142 e. The van der Waals surface area contributed by atoms with Crippen molar-refractivity contribution >= 4 is 23.3 Å². The molecule has 0 amide bonds. The number of hydrogen-bond acceptors (Lipinski definition) is 2. The summed E-state index contributed by atoms with van der Waals surface area (Å²) < 4.78 is 5.38. The molecule has 2 heterocycles. The number of aromatic amines is 1. The van der Waals surface area contributed by atoms with Crippen LogP contribution < -0.4 is 10.1 Å². The Labute approximate surface area is 113 Å². The number of ether oxygens (including phenoxy) is 1. The maximum atomic E-state index is 5.38. The largest absolute Gasteiger partial charge is 0.495 e. The van der Waals surface area contributed by atoms with Crippen molar-refractivity contribution in [3.8, 4) is 5.75 Å². The summed E-state index contributed by atoms with van der Waals surface area (Å²) in [5.74, 6) is 1.61. The molecule has 1 saturated heterocycles. The Kier molecular flexibility index (Phi) is 4.15. The highest BCUT2D eigenvalue weighted by molar-refractivity contribution is 5.88. The SMILES string of the molecule is COc1cccc2c(C3CCNCC3)c[nH]c12.Cl. The molecule has 0 bridgehead atoms. The molecule has 0 atom stereocenters. The predicted molar refractivity (Wildman–Crippen MR) is 76.9 cm³/mol. The molecule has 0 saturated carbocycles. The first-order chi connectivity index (χ1) is 8.40. The number of nitrogens with one attached hydrogen (secondary N) is 2. The number of para-hydroxylation sites is 1. The summed E-state index contributed by atoms with van der Waals surface area (Å²) in [5.41, 5.74) is 2.57. The zero-order chi connectivity index (χ0) is 11.7. The average molecular weight is 267 g/mol. The van der Waals surface area contributed by atoms with Crippen LogP contribution in [0.3, 0.4) is 0 Å². The highest BCUT2D eigenvalue weighted by Crippen LogP contribution is 2.34. The molecular formula is C14H19ClN2O. The molecule has 1 aliphatic heterocycles. The van der Waals surface area contributed by atoms with Crippen LogP contribution >= 0.6 is 12.4 Å². The normalized spacial score (nSPS) is 16.5. The van der Waals surface area contributed by atoms with Crippen molar-refractivity contribution in [1.29, 1.82) is 0 Å². The molecule has 1 fully saturated rings. The second-order valence-corrected chi connectivity index (χ2v) is 4.65. The van der Waals surface area contributed by atoms with Gasteiger partial charge in [0.2, 0.25) is 0 Å². The average Bonchev–Trinajstić information content (AvgIpc) is 2.83. The van der Waals surface area contributed by atoms with Crippen molar-refractivity contribution in [3.05, 3.63) is 30.0 Å². The second kappa shape index (κ2) is 5.63. The number of hydrogen-bond donors (Lipinski definition) is 2. The number of rotatable bonds is 2. The molecule has 1 aromatic heterocycles. The van der Waals surface area contributed by atoms with E-state index in [9.17, 15) is 0 Å². The number of fused-ring (bicyclic) bond motifs is 1. The van der Waals surface area contributed by atoms with E-state index in [0.717, 1.165) is 24.4 Å². The van der Waals surface area contributed by atoms with Crippen LogP contribution in [0.15, 0.2) is 24.4 Å².